The molecule has 19 heavy (non-hydrogen) atoms. The Morgan fingerprint density at radius 3 is 2.47 bits per heavy atom. The Morgan fingerprint density at radius 2 is 1.95 bits per heavy atom. The molecule has 1 amide bonds. The number of carbonyl (C=O) groups excluding carboxylic acids is 1. The van der Waals surface area contributed by atoms with Gasteiger partial charge in [0, 0.05) is 12.6 Å². The third-order valence-corrected chi connectivity index (χ3v) is 3.54. The topological polar surface area (TPSA) is 33.5 Å². The smallest absolute Gasteiger partial charge is 0.258 e. The van der Waals surface area contributed by atoms with Crippen molar-refractivity contribution in [2.24, 2.45) is 0 Å². The second-order valence-corrected chi connectivity index (χ2v) is 5.34. The monoisotopic (exact) mass is 321 g/mol. The van der Waals surface area contributed by atoms with Gasteiger partial charge in [0.1, 0.15) is 0 Å². The van der Waals surface area contributed by atoms with Crippen molar-refractivity contribution < 1.29 is 9.21 Å². The van der Waals surface area contributed by atoms with Crippen molar-refractivity contribution in [2.45, 2.75) is 26.4 Å². The second-order valence-electron chi connectivity index (χ2n) is 4.62. The van der Waals surface area contributed by atoms with Crippen LogP contribution < -0.4 is 0 Å². The molecular formula is C15H16BrNO2. The lowest BCUT2D eigenvalue weighted by atomic mass is 10.1. The molecule has 0 radical (unpaired) electrons. The minimum atomic E-state index is -0.0283. The van der Waals surface area contributed by atoms with Crippen LogP contribution in [0.3, 0.4) is 0 Å². The first-order valence-corrected chi connectivity index (χ1v) is 6.96. The van der Waals surface area contributed by atoms with Crippen LogP contribution in [0.4, 0.5) is 0 Å². The highest BCUT2D eigenvalue weighted by Gasteiger charge is 2.22. The highest BCUT2D eigenvalue weighted by molar-refractivity contribution is 9.10. The SMILES string of the molecule is CC(C)N(Cc1ccccc1)C(=O)c1ccoc1Br. The molecule has 0 unspecified atom stereocenters. The van der Waals surface area contributed by atoms with Gasteiger partial charge in [0.15, 0.2) is 4.67 Å². The number of hydrogen-bond acceptors (Lipinski definition) is 2. The van der Waals surface area contributed by atoms with Crippen LogP contribution in [0.5, 0.6) is 0 Å². The number of rotatable bonds is 4. The molecule has 0 aliphatic carbocycles. The van der Waals surface area contributed by atoms with Crippen LogP contribution in [0.2, 0.25) is 0 Å². The fourth-order valence-electron chi connectivity index (χ4n) is 1.87. The molecule has 0 saturated heterocycles. The van der Waals surface area contributed by atoms with E-state index < -0.39 is 0 Å². The van der Waals surface area contributed by atoms with Crippen molar-refractivity contribution >= 4 is 21.8 Å². The van der Waals surface area contributed by atoms with Gasteiger partial charge in [0.2, 0.25) is 0 Å². The summed E-state index contributed by atoms with van der Waals surface area (Å²) in [7, 11) is 0. The molecule has 1 aromatic heterocycles. The van der Waals surface area contributed by atoms with Gasteiger partial charge in [-0.25, -0.2) is 0 Å². The lowest BCUT2D eigenvalue weighted by molar-refractivity contribution is 0.0688. The average Bonchev–Trinajstić information content (AvgIpc) is 2.82. The standard InChI is InChI=1S/C15H16BrNO2/c1-11(2)17(10-12-6-4-3-5-7-12)15(18)13-8-9-19-14(13)16/h3-9,11H,10H2,1-2H3. The largest absolute Gasteiger partial charge is 0.457 e. The van der Waals surface area contributed by atoms with E-state index in [-0.39, 0.29) is 11.9 Å². The van der Waals surface area contributed by atoms with Crippen LogP contribution in [0, 0.1) is 0 Å². The summed E-state index contributed by atoms with van der Waals surface area (Å²) in [6.45, 7) is 4.61. The van der Waals surface area contributed by atoms with Gasteiger partial charge < -0.3 is 9.32 Å². The minimum Gasteiger partial charge on any atom is -0.457 e. The first-order valence-electron chi connectivity index (χ1n) is 6.17. The Hall–Kier alpha value is -1.55. The van der Waals surface area contributed by atoms with E-state index in [1.807, 2.05) is 49.1 Å². The summed E-state index contributed by atoms with van der Waals surface area (Å²) in [5, 5.41) is 0. The zero-order valence-electron chi connectivity index (χ0n) is 11.0. The first-order chi connectivity index (χ1) is 9.09. The van der Waals surface area contributed by atoms with E-state index in [2.05, 4.69) is 15.9 Å². The van der Waals surface area contributed by atoms with Crippen LogP contribution in [0.15, 0.2) is 51.7 Å². The molecule has 1 aromatic carbocycles. The maximum atomic E-state index is 12.5. The summed E-state index contributed by atoms with van der Waals surface area (Å²) in [4.78, 5) is 14.3. The Labute approximate surface area is 121 Å². The summed E-state index contributed by atoms with van der Waals surface area (Å²) >= 11 is 3.26. The first kappa shape index (κ1) is 13.9. The third-order valence-electron chi connectivity index (χ3n) is 2.93. The molecular weight excluding hydrogens is 306 g/mol. The summed E-state index contributed by atoms with van der Waals surface area (Å²) in [6.07, 6.45) is 1.51. The van der Waals surface area contributed by atoms with E-state index in [1.165, 1.54) is 6.26 Å². The van der Waals surface area contributed by atoms with Crippen molar-refractivity contribution in [3.63, 3.8) is 0 Å². The average molecular weight is 322 g/mol. The molecule has 0 fully saturated rings. The number of halogens is 1. The lowest BCUT2D eigenvalue weighted by Crippen LogP contribution is -2.36. The summed E-state index contributed by atoms with van der Waals surface area (Å²) in [5.74, 6) is -0.0283. The van der Waals surface area contributed by atoms with Gasteiger partial charge in [-0.2, -0.15) is 0 Å². The molecule has 1 heterocycles. The number of furan rings is 1. The molecule has 100 valence electrons. The predicted octanol–water partition coefficient (Wildman–Crippen LogP) is 4.09. The Bertz CT molecular complexity index is 548. The van der Waals surface area contributed by atoms with E-state index in [9.17, 15) is 4.79 Å². The number of carbonyl (C=O) groups is 1. The molecule has 0 aliphatic rings. The van der Waals surface area contributed by atoms with E-state index in [4.69, 9.17) is 4.42 Å². The summed E-state index contributed by atoms with van der Waals surface area (Å²) < 4.78 is 5.62. The van der Waals surface area contributed by atoms with Gasteiger partial charge in [-0.15, -0.1) is 0 Å². The molecule has 0 atom stereocenters. The maximum absolute atomic E-state index is 12.5. The summed E-state index contributed by atoms with van der Waals surface area (Å²) in [6, 6.07) is 11.8. The van der Waals surface area contributed by atoms with Crippen LogP contribution in [-0.4, -0.2) is 16.8 Å². The zero-order valence-corrected chi connectivity index (χ0v) is 12.6. The normalized spacial score (nSPS) is 10.7. The van der Waals surface area contributed by atoms with Crippen molar-refractivity contribution in [3.8, 4) is 0 Å². The molecule has 4 heteroatoms. The van der Waals surface area contributed by atoms with Crippen LogP contribution in [0.1, 0.15) is 29.8 Å². The van der Waals surface area contributed by atoms with E-state index >= 15 is 0 Å². The predicted molar refractivity (Wildman–Crippen MR) is 77.9 cm³/mol. The van der Waals surface area contributed by atoms with Crippen LogP contribution in [0.25, 0.3) is 0 Å². The third kappa shape index (κ3) is 3.26. The molecule has 0 aliphatic heterocycles. The Morgan fingerprint density at radius 1 is 1.26 bits per heavy atom. The number of amides is 1. The van der Waals surface area contributed by atoms with Gasteiger partial charge in [0.25, 0.3) is 5.91 Å². The van der Waals surface area contributed by atoms with Gasteiger partial charge in [-0.05, 0) is 41.4 Å². The van der Waals surface area contributed by atoms with E-state index in [1.54, 1.807) is 6.07 Å². The van der Waals surface area contributed by atoms with Gasteiger partial charge in [-0.3, -0.25) is 4.79 Å². The van der Waals surface area contributed by atoms with Crippen molar-refractivity contribution in [3.05, 3.63) is 58.5 Å². The number of nitrogens with zero attached hydrogens (tertiary/aromatic N) is 1. The quantitative estimate of drug-likeness (QED) is 0.849. The van der Waals surface area contributed by atoms with Crippen molar-refractivity contribution in [2.75, 3.05) is 0 Å². The molecule has 0 bridgehead atoms. The highest BCUT2D eigenvalue weighted by atomic mass is 79.9. The molecule has 0 saturated carbocycles. The van der Waals surface area contributed by atoms with Gasteiger partial charge in [0.05, 0.1) is 11.8 Å². The minimum absolute atomic E-state index is 0.0283. The van der Waals surface area contributed by atoms with Crippen molar-refractivity contribution in [1.29, 1.82) is 0 Å². The van der Waals surface area contributed by atoms with Crippen LogP contribution in [-0.2, 0) is 6.54 Å². The maximum Gasteiger partial charge on any atom is 0.258 e. The van der Waals surface area contributed by atoms with Crippen LogP contribution >= 0.6 is 15.9 Å². The molecule has 0 spiro atoms. The Balaban J connectivity index is 2.22. The molecule has 2 aromatic rings. The lowest BCUT2D eigenvalue weighted by Gasteiger charge is -2.26. The Kier molecular flexibility index (Phi) is 4.43. The fraction of sp³-hybridized carbons (Fsp3) is 0.267. The van der Waals surface area contributed by atoms with E-state index in [0.29, 0.717) is 16.8 Å². The fourth-order valence-corrected chi connectivity index (χ4v) is 2.28. The molecule has 2 rings (SSSR count). The van der Waals surface area contributed by atoms with Gasteiger partial charge >= 0.3 is 0 Å². The molecule has 0 N–H and O–H groups in total. The number of hydrogen-bond donors (Lipinski definition) is 0. The van der Waals surface area contributed by atoms with Gasteiger partial charge in [-0.1, -0.05) is 30.3 Å². The summed E-state index contributed by atoms with van der Waals surface area (Å²) in [5.41, 5.74) is 1.67. The van der Waals surface area contributed by atoms with E-state index in [0.717, 1.165) is 5.56 Å². The second kappa shape index (κ2) is 6.06. The molecule has 3 nitrogen and oxygen atoms in total. The van der Waals surface area contributed by atoms with Crippen molar-refractivity contribution in [1.82, 2.24) is 4.90 Å². The highest BCUT2D eigenvalue weighted by Crippen LogP contribution is 2.21. The number of benzene rings is 1. The zero-order chi connectivity index (χ0) is 13.8.